The van der Waals surface area contributed by atoms with Gasteiger partial charge in [0.15, 0.2) is 5.58 Å². The van der Waals surface area contributed by atoms with Crippen molar-refractivity contribution in [3.8, 4) is 11.5 Å². The Kier molecular flexibility index (Phi) is 2.78. The summed E-state index contributed by atoms with van der Waals surface area (Å²) in [5.74, 6) is 1.26. The minimum absolute atomic E-state index is 0.519. The summed E-state index contributed by atoms with van der Waals surface area (Å²) >= 11 is 0. The number of aromatic nitrogens is 2. The number of para-hydroxylation sites is 2. The molecule has 0 radical (unpaired) electrons. The van der Waals surface area contributed by atoms with Crippen molar-refractivity contribution in [3.05, 3.63) is 72.4 Å². The molecule has 0 unspecified atom stereocenters. The molecule has 4 aromatic rings. The number of rotatable bonds is 3. The second kappa shape index (κ2) is 4.90. The Bertz CT molecular complexity index is 845. The Morgan fingerprint density at radius 1 is 0.857 bits per heavy atom. The van der Waals surface area contributed by atoms with E-state index < -0.39 is 0 Å². The first-order valence-electron chi connectivity index (χ1n) is 6.73. The second-order valence-electron chi connectivity index (χ2n) is 4.76. The molecule has 21 heavy (non-hydrogen) atoms. The highest BCUT2D eigenvalue weighted by Gasteiger charge is 2.11. The predicted octanol–water partition coefficient (Wildman–Crippen LogP) is 4.07. The van der Waals surface area contributed by atoms with E-state index in [-0.39, 0.29) is 0 Å². The zero-order chi connectivity index (χ0) is 14.1. The van der Waals surface area contributed by atoms with Crippen molar-refractivity contribution in [3.63, 3.8) is 0 Å². The zero-order valence-corrected chi connectivity index (χ0v) is 11.2. The summed E-state index contributed by atoms with van der Waals surface area (Å²) in [5, 5.41) is 0. The normalized spacial score (nSPS) is 11.0. The lowest BCUT2D eigenvalue weighted by Crippen LogP contribution is -1.88. The van der Waals surface area contributed by atoms with Crippen LogP contribution in [-0.2, 0) is 6.42 Å². The van der Waals surface area contributed by atoms with E-state index in [1.54, 1.807) is 6.26 Å². The Morgan fingerprint density at radius 3 is 2.52 bits per heavy atom. The molecule has 0 saturated heterocycles. The van der Waals surface area contributed by atoms with Gasteiger partial charge in [0.1, 0.15) is 11.8 Å². The molecule has 0 saturated carbocycles. The average molecular weight is 276 g/mol. The first-order chi connectivity index (χ1) is 10.4. The number of oxazole rings is 2. The number of hydrogen-bond acceptors (Lipinski definition) is 4. The molecule has 4 heteroatoms. The lowest BCUT2D eigenvalue weighted by atomic mass is 10.2. The van der Waals surface area contributed by atoms with E-state index in [1.807, 2.05) is 54.6 Å². The van der Waals surface area contributed by atoms with E-state index in [4.69, 9.17) is 8.83 Å². The Morgan fingerprint density at radius 2 is 1.67 bits per heavy atom. The highest BCUT2D eigenvalue weighted by molar-refractivity contribution is 5.72. The summed E-state index contributed by atoms with van der Waals surface area (Å²) in [4.78, 5) is 8.92. The van der Waals surface area contributed by atoms with Crippen LogP contribution >= 0.6 is 0 Å². The standard InChI is InChI=1S/C17H12N2O2/c1-2-6-12(7-3-1)17-18-13(11-20-17)10-16-19-14-8-4-5-9-15(14)21-16/h1-9,11H,10H2. The van der Waals surface area contributed by atoms with Crippen LogP contribution < -0.4 is 0 Å². The maximum Gasteiger partial charge on any atom is 0.226 e. The van der Waals surface area contributed by atoms with Gasteiger partial charge in [-0.1, -0.05) is 30.3 Å². The van der Waals surface area contributed by atoms with E-state index in [0.717, 1.165) is 22.4 Å². The molecule has 2 heterocycles. The largest absolute Gasteiger partial charge is 0.444 e. The van der Waals surface area contributed by atoms with Crippen molar-refractivity contribution in [1.29, 1.82) is 0 Å². The van der Waals surface area contributed by atoms with E-state index in [0.29, 0.717) is 18.2 Å². The average Bonchev–Trinajstić information content (AvgIpc) is 3.14. The fourth-order valence-corrected chi connectivity index (χ4v) is 2.25. The van der Waals surface area contributed by atoms with Crippen molar-refractivity contribution in [2.24, 2.45) is 0 Å². The third kappa shape index (κ3) is 2.31. The van der Waals surface area contributed by atoms with Gasteiger partial charge in [-0.3, -0.25) is 0 Å². The second-order valence-corrected chi connectivity index (χ2v) is 4.76. The van der Waals surface area contributed by atoms with Gasteiger partial charge in [-0.25, -0.2) is 9.97 Å². The van der Waals surface area contributed by atoms with Crippen LogP contribution in [0.4, 0.5) is 0 Å². The van der Waals surface area contributed by atoms with Gasteiger partial charge in [-0.2, -0.15) is 0 Å². The molecule has 0 aliphatic rings. The van der Waals surface area contributed by atoms with Crippen LogP contribution in [0.2, 0.25) is 0 Å². The minimum atomic E-state index is 0.519. The van der Waals surface area contributed by atoms with Crippen LogP contribution in [0.3, 0.4) is 0 Å². The van der Waals surface area contributed by atoms with Crippen molar-refractivity contribution in [1.82, 2.24) is 9.97 Å². The minimum Gasteiger partial charge on any atom is -0.444 e. The third-order valence-electron chi connectivity index (χ3n) is 3.24. The lowest BCUT2D eigenvalue weighted by molar-refractivity contribution is 0.539. The third-order valence-corrected chi connectivity index (χ3v) is 3.24. The van der Waals surface area contributed by atoms with Crippen molar-refractivity contribution in [2.45, 2.75) is 6.42 Å². The van der Waals surface area contributed by atoms with Crippen molar-refractivity contribution in [2.75, 3.05) is 0 Å². The predicted molar refractivity (Wildman–Crippen MR) is 78.8 cm³/mol. The molecule has 0 atom stereocenters. The maximum atomic E-state index is 5.69. The number of hydrogen-bond donors (Lipinski definition) is 0. The van der Waals surface area contributed by atoms with Gasteiger partial charge in [-0.05, 0) is 24.3 Å². The van der Waals surface area contributed by atoms with Crippen LogP contribution in [0, 0.1) is 0 Å². The van der Waals surface area contributed by atoms with Crippen LogP contribution in [-0.4, -0.2) is 9.97 Å². The summed E-state index contributed by atoms with van der Waals surface area (Å²) in [6.45, 7) is 0. The summed E-state index contributed by atoms with van der Waals surface area (Å²) in [6, 6.07) is 17.5. The molecule has 2 aromatic carbocycles. The smallest absolute Gasteiger partial charge is 0.226 e. The lowest BCUT2D eigenvalue weighted by Gasteiger charge is -1.92. The first kappa shape index (κ1) is 11.9. The Balaban J connectivity index is 1.61. The Hall–Kier alpha value is -2.88. The van der Waals surface area contributed by atoms with E-state index in [1.165, 1.54) is 0 Å². The monoisotopic (exact) mass is 276 g/mol. The van der Waals surface area contributed by atoms with Gasteiger partial charge in [0.2, 0.25) is 11.8 Å². The highest BCUT2D eigenvalue weighted by Crippen LogP contribution is 2.21. The molecule has 2 aromatic heterocycles. The van der Waals surface area contributed by atoms with Crippen LogP contribution in [0.1, 0.15) is 11.6 Å². The molecular weight excluding hydrogens is 264 g/mol. The summed E-state index contributed by atoms with van der Waals surface area (Å²) < 4.78 is 11.2. The number of nitrogens with zero attached hydrogens (tertiary/aromatic N) is 2. The molecule has 4 nitrogen and oxygen atoms in total. The fourth-order valence-electron chi connectivity index (χ4n) is 2.25. The molecule has 0 N–H and O–H groups in total. The molecule has 0 aliphatic carbocycles. The SMILES string of the molecule is c1ccc(-c2nc(Cc3nc4ccccc4o3)co2)cc1. The zero-order valence-electron chi connectivity index (χ0n) is 11.2. The van der Waals surface area contributed by atoms with Gasteiger partial charge in [0.05, 0.1) is 12.1 Å². The molecule has 0 spiro atoms. The van der Waals surface area contributed by atoms with Crippen LogP contribution in [0.15, 0.2) is 69.7 Å². The number of benzene rings is 2. The van der Waals surface area contributed by atoms with Gasteiger partial charge >= 0.3 is 0 Å². The molecule has 0 aliphatic heterocycles. The molecule has 4 rings (SSSR count). The van der Waals surface area contributed by atoms with Crippen LogP contribution in [0.5, 0.6) is 0 Å². The van der Waals surface area contributed by atoms with Crippen molar-refractivity contribution < 1.29 is 8.83 Å². The van der Waals surface area contributed by atoms with Crippen molar-refractivity contribution >= 4 is 11.1 Å². The van der Waals surface area contributed by atoms with Crippen LogP contribution in [0.25, 0.3) is 22.6 Å². The molecule has 0 fully saturated rings. The summed E-state index contributed by atoms with van der Waals surface area (Å²) in [5.41, 5.74) is 3.42. The first-order valence-corrected chi connectivity index (χ1v) is 6.73. The van der Waals surface area contributed by atoms with Gasteiger partial charge in [0.25, 0.3) is 0 Å². The topological polar surface area (TPSA) is 52.1 Å². The van der Waals surface area contributed by atoms with Gasteiger partial charge in [0, 0.05) is 5.56 Å². The maximum absolute atomic E-state index is 5.69. The molecule has 0 bridgehead atoms. The molecular formula is C17H12N2O2. The summed E-state index contributed by atoms with van der Waals surface area (Å²) in [7, 11) is 0. The fraction of sp³-hybridized carbons (Fsp3) is 0.0588. The van der Waals surface area contributed by atoms with Gasteiger partial charge in [-0.15, -0.1) is 0 Å². The highest BCUT2D eigenvalue weighted by atomic mass is 16.4. The quantitative estimate of drug-likeness (QED) is 0.566. The van der Waals surface area contributed by atoms with E-state index >= 15 is 0 Å². The summed E-state index contributed by atoms with van der Waals surface area (Å²) in [6.07, 6.45) is 2.17. The van der Waals surface area contributed by atoms with E-state index in [9.17, 15) is 0 Å². The Labute approximate surface area is 121 Å². The van der Waals surface area contributed by atoms with Gasteiger partial charge < -0.3 is 8.83 Å². The van der Waals surface area contributed by atoms with E-state index in [2.05, 4.69) is 9.97 Å². The molecule has 102 valence electrons. The number of fused-ring (bicyclic) bond motifs is 1. The molecule has 0 amide bonds.